The fraction of sp³-hybridized carbons (Fsp3) is 0.391. The third-order valence-corrected chi connectivity index (χ3v) is 4.68. The molecule has 0 aliphatic heterocycles. The van der Waals surface area contributed by atoms with E-state index in [9.17, 15) is 14.0 Å². The Morgan fingerprint density at radius 1 is 1.14 bits per heavy atom. The van der Waals surface area contributed by atoms with E-state index in [1.54, 1.807) is 37.3 Å². The van der Waals surface area contributed by atoms with Gasteiger partial charge in [-0.05, 0) is 38.5 Å². The molecule has 5 nitrogen and oxygen atoms in total. The van der Waals surface area contributed by atoms with Gasteiger partial charge >= 0.3 is 0 Å². The van der Waals surface area contributed by atoms with E-state index in [1.165, 1.54) is 11.0 Å². The lowest BCUT2D eigenvalue weighted by Crippen LogP contribution is -2.49. The molecule has 156 valence electrons. The van der Waals surface area contributed by atoms with Gasteiger partial charge in [0.15, 0.2) is 6.61 Å². The van der Waals surface area contributed by atoms with Crippen molar-refractivity contribution >= 4 is 11.8 Å². The normalized spacial score (nSPS) is 11.6. The van der Waals surface area contributed by atoms with Gasteiger partial charge in [0, 0.05) is 18.7 Å². The molecule has 0 aromatic heterocycles. The molecule has 1 N–H and O–H groups in total. The van der Waals surface area contributed by atoms with E-state index in [-0.39, 0.29) is 25.0 Å². The summed E-state index contributed by atoms with van der Waals surface area (Å²) in [6.45, 7) is 5.94. The third-order valence-electron chi connectivity index (χ3n) is 4.68. The summed E-state index contributed by atoms with van der Waals surface area (Å²) in [6, 6.07) is 12.8. The Balaban J connectivity index is 2.11. The van der Waals surface area contributed by atoms with Gasteiger partial charge < -0.3 is 15.0 Å². The van der Waals surface area contributed by atoms with Crippen molar-refractivity contribution in [1.29, 1.82) is 0 Å². The smallest absolute Gasteiger partial charge is 0.261 e. The van der Waals surface area contributed by atoms with E-state index in [0.717, 1.165) is 18.4 Å². The molecule has 0 unspecified atom stereocenters. The number of rotatable bonds is 10. The summed E-state index contributed by atoms with van der Waals surface area (Å²) in [5.41, 5.74) is 1.44. The Morgan fingerprint density at radius 3 is 2.48 bits per heavy atom. The quantitative estimate of drug-likeness (QED) is 0.617. The SMILES string of the molecule is CCCCNC(=O)[C@H](C)N(Cc1ccccc1F)C(=O)COc1ccc(C)cc1. The molecule has 2 aromatic carbocycles. The summed E-state index contributed by atoms with van der Waals surface area (Å²) in [4.78, 5) is 26.7. The van der Waals surface area contributed by atoms with Crippen molar-refractivity contribution in [2.75, 3.05) is 13.2 Å². The molecule has 2 amide bonds. The lowest BCUT2D eigenvalue weighted by atomic mass is 10.1. The van der Waals surface area contributed by atoms with E-state index < -0.39 is 11.9 Å². The Morgan fingerprint density at radius 2 is 1.83 bits per heavy atom. The van der Waals surface area contributed by atoms with Crippen LogP contribution in [0, 0.1) is 12.7 Å². The van der Waals surface area contributed by atoms with Crippen molar-refractivity contribution in [1.82, 2.24) is 10.2 Å². The number of carbonyl (C=O) groups is 2. The maximum absolute atomic E-state index is 14.1. The number of benzene rings is 2. The maximum atomic E-state index is 14.1. The number of carbonyl (C=O) groups excluding carboxylic acids is 2. The fourth-order valence-corrected chi connectivity index (χ4v) is 2.79. The van der Waals surface area contributed by atoms with E-state index in [2.05, 4.69) is 5.32 Å². The predicted molar refractivity (Wildman–Crippen MR) is 111 cm³/mol. The van der Waals surface area contributed by atoms with Crippen LogP contribution in [0.4, 0.5) is 4.39 Å². The van der Waals surface area contributed by atoms with Gasteiger partial charge in [0.2, 0.25) is 5.91 Å². The van der Waals surface area contributed by atoms with Crippen LogP contribution >= 0.6 is 0 Å². The molecule has 0 aliphatic carbocycles. The number of hydrogen-bond donors (Lipinski definition) is 1. The molecule has 6 heteroatoms. The van der Waals surface area contributed by atoms with Gasteiger partial charge in [-0.1, -0.05) is 49.2 Å². The molecule has 2 rings (SSSR count). The van der Waals surface area contributed by atoms with Crippen LogP contribution < -0.4 is 10.1 Å². The van der Waals surface area contributed by atoms with Gasteiger partial charge in [0.25, 0.3) is 5.91 Å². The van der Waals surface area contributed by atoms with Crippen molar-refractivity contribution in [2.24, 2.45) is 0 Å². The number of unbranched alkanes of at least 4 members (excludes halogenated alkanes) is 1. The highest BCUT2D eigenvalue weighted by molar-refractivity contribution is 5.87. The van der Waals surface area contributed by atoms with Crippen LogP contribution in [0.15, 0.2) is 48.5 Å². The van der Waals surface area contributed by atoms with Crippen LogP contribution in [0.25, 0.3) is 0 Å². The van der Waals surface area contributed by atoms with Crippen molar-refractivity contribution in [3.63, 3.8) is 0 Å². The average Bonchev–Trinajstić information content (AvgIpc) is 2.72. The maximum Gasteiger partial charge on any atom is 0.261 e. The van der Waals surface area contributed by atoms with Crippen molar-refractivity contribution in [2.45, 2.75) is 46.2 Å². The minimum atomic E-state index is -0.749. The number of ether oxygens (including phenoxy) is 1. The molecule has 0 fully saturated rings. The number of nitrogens with zero attached hydrogens (tertiary/aromatic N) is 1. The second kappa shape index (κ2) is 11.2. The summed E-state index contributed by atoms with van der Waals surface area (Å²) < 4.78 is 19.7. The zero-order valence-electron chi connectivity index (χ0n) is 17.3. The van der Waals surface area contributed by atoms with Crippen LogP contribution in [0.1, 0.15) is 37.8 Å². The second-order valence-electron chi connectivity index (χ2n) is 7.04. The molecule has 1 atom stereocenters. The van der Waals surface area contributed by atoms with Gasteiger partial charge in [-0.2, -0.15) is 0 Å². The highest BCUT2D eigenvalue weighted by atomic mass is 19.1. The fourth-order valence-electron chi connectivity index (χ4n) is 2.79. The minimum absolute atomic E-state index is 0.00880. The number of halogens is 1. The van der Waals surface area contributed by atoms with Crippen molar-refractivity contribution < 1.29 is 18.7 Å². The third kappa shape index (κ3) is 6.89. The zero-order valence-corrected chi connectivity index (χ0v) is 17.3. The first-order valence-corrected chi connectivity index (χ1v) is 9.92. The van der Waals surface area contributed by atoms with Crippen molar-refractivity contribution in [3.8, 4) is 5.75 Å². The number of nitrogens with one attached hydrogen (secondary N) is 1. The van der Waals surface area contributed by atoms with Crippen LogP contribution in [0.5, 0.6) is 5.75 Å². The lowest BCUT2D eigenvalue weighted by molar-refractivity contribution is -0.142. The molecule has 0 radical (unpaired) electrons. The lowest BCUT2D eigenvalue weighted by Gasteiger charge is -2.29. The molecule has 29 heavy (non-hydrogen) atoms. The van der Waals surface area contributed by atoms with Gasteiger partial charge in [-0.3, -0.25) is 9.59 Å². The largest absolute Gasteiger partial charge is 0.484 e. The van der Waals surface area contributed by atoms with E-state index in [0.29, 0.717) is 17.9 Å². The van der Waals surface area contributed by atoms with E-state index >= 15 is 0 Å². The first-order chi connectivity index (χ1) is 13.9. The highest BCUT2D eigenvalue weighted by Gasteiger charge is 2.27. The van der Waals surface area contributed by atoms with Crippen LogP contribution in [0.2, 0.25) is 0 Å². The van der Waals surface area contributed by atoms with Gasteiger partial charge in [-0.15, -0.1) is 0 Å². The number of aryl methyl sites for hydroxylation is 1. The first-order valence-electron chi connectivity index (χ1n) is 9.92. The van der Waals surface area contributed by atoms with Crippen LogP contribution in [-0.2, 0) is 16.1 Å². The van der Waals surface area contributed by atoms with Gasteiger partial charge in [-0.25, -0.2) is 4.39 Å². The Hall–Kier alpha value is -2.89. The molecule has 0 aliphatic rings. The van der Waals surface area contributed by atoms with Crippen LogP contribution in [0.3, 0.4) is 0 Å². The summed E-state index contributed by atoms with van der Waals surface area (Å²) >= 11 is 0. The Kier molecular flexibility index (Phi) is 8.65. The molecule has 0 spiro atoms. The Bertz CT molecular complexity index is 808. The standard InChI is InChI=1S/C23H29FN2O3/c1-4-5-14-25-23(28)18(3)26(15-19-8-6-7-9-21(19)24)22(27)16-29-20-12-10-17(2)11-13-20/h6-13,18H,4-5,14-16H2,1-3H3,(H,25,28)/t18-/m0/s1. The van der Waals surface area contributed by atoms with Crippen molar-refractivity contribution in [3.05, 3.63) is 65.5 Å². The highest BCUT2D eigenvalue weighted by Crippen LogP contribution is 2.15. The molecular formula is C23H29FN2O3. The second-order valence-corrected chi connectivity index (χ2v) is 7.04. The molecule has 0 heterocycles. The molecule has 0 saturated heterocycles. The molecule has 0 bridgehead atoms. The summed E-state index contributed by atoms with van der Waals surface area (Å²) in [5, 5.41) is 2.83. The average molecular weight is 400 g/mol. The summed E-state index contributed by atoms with van der Waals surface area (Å²) in [7, 11) is 0. The monoisotopic (exact) mass is 400 g/mol. The van der Waals surface area contributed by atoms with Crippen LogP contribution in [-0.4, -0.2) is 35.9 Å². The van der Waals surface area contributed by atoms with Gasteiger partial charge in [0.05, 0.1) is 0 Å². The van der Waals surface area contributed by atoms with E-state index in [4.69, 9.17) is 4.74 Å². The Labute approximate surface area is 171 Å². The van der Waals surface area contributed by atoms with E-state index in [1.807, 2.05) is 26.0 Å². The first kappa shape index (κ1) is 22.4. The number of amides is 2. The molecule has 0 saturated carbocycles. The minimum Gasteiger partial charge on any atom is -0.484 e. The zero-order chi connectivity index (χ0) is 21.2. The summed E-state index contributed by atoms with van der Waals surface area (Å²) in [6.07, 6.45) is 1.81. The number of hydrogen-bond acceptors (Lipinski definition) is 3. The van der Waals surface area contributed by atoms with Gasteiger partial charge in [0.1, 0.15) is 17.6 Å². The topological polar surface area (TPSA) is 58.6 Å². The summed E-state index contributed by atoms with van der Waals surface area (Å²) in [5.74, 6) is -0.497. The predicted octanol–water partition coefficient (Wildman–Crippen LogP) is 3.85. The molecule has 2 aromatic rings. The molecular weight excluding hydrogens is 371 g/mol.